The second-order valence-corrected chi connectivity index (χ2v) is 8.99. The van der Waals surface area contributed by atoms with E-state index in [1.54, 1.807) is 18.2 Å². The molecule has 2 aliphatic heterocycles. The summed E-state index contributed by atoms with van der Waals surface area (Å²) >= 11 is 6.03. The average molecular weight is 406 g/mol. The predicted octanol–water partition coefficient (Wildman–Crippen LogP) is 3.38. The summed E-state index contributed by atoms with van der Waals surface area (Å²) in [5, 5.41) is 0.575. The summed E-state index contributed by atoms with van der Waals surface area (Å²) in [6.07, 6.45) is 2.07. The summed E-state index contributed by atoms with van der Waals surface area (Å²) in [5.74, 6) is 1.37. The Balaban J connectivity index is 1.59. The zero-order chi connectivity index (χ0) is 20.3. The number of hydrogen-bond acceptors (Lipinski definition) is 3. The number of likely N-dealkylation sites (tertiary alicyclic amines) is 1. The minimum Gasteiger partial charge on any atom is -0.341 e. The van der Waals surface area contributed by atoms with Gasteiger partial charge in [0.15, 0.2) is 0 Å². The van der Waals surface area contributed by atoms with Crippen LogP contribution < -0.4 is 0 Å². The highest BCUT2D eigenvalue weighted by atomic mass is 35.5. The molecule has 0 bridgehead atoms. The lowest BCUT2D eigenvalue weighted by Crippen LogP contribution is -2.52. The van der Waals surface area contributed by atoms with Gasteiger partial charge in [0.05, 0.1) is 6.04 Å². The third-order valence-corrected chi connectivity index (χ3v) is 6.21. The Kier molecular flexibility index (Phi) is 7.00. The zero-order valence-electron chi connectivity index (χ0n) is 17.2. The van der Waals surface area contributed by atoms with Crippen molar-refractivity contribution in [3.8, 4) is 0 Å². The number of halogens is 1. The Bertz CT molecular complexity index is 701. The fourth-order valence-electron chi connectivity index (χ4n) is 4.60. The number of amides is 2. The molecule has 1 aromatic carbocycles. The van der Waals surface area contributed by atoms with Crippen molar-refractivity contribution >= 4 is 23.4 Å². The van der Waals surface area contributed by atoms with Gasteiger partial charge in [-0.3, -0.25) is 14.5 Å². The Labute approximate surface area is 173 Å². The molecule has 2 heterocycles. The highest BCUT2D eigenvalue weighted by molar-refractivity contribution is 6.30. The molecule has 3 unspecified atom stereocenters. The van der Waals surface area contributed by atoms with E-state index in [1.165, 1.54) is 6.42 Å². The van der Waals surface area contributed by atoms with Gasteiger partial charge in [-0.1, -0.05) is 31.5 Å². The van der Waals surface area contributed by atoms with E-state index >= 15 is 0 Å². The second kappa shape index (κ2) is 9.27. The monoisotopic (exact) mass is 405 g/mol. The van der Waals surface area contributed by atoms with Crippen molar-refractivity contribution in [1.82, 2.24) is 14.7 Å². The molecule has 0 N–H and O–H groups in total. The van der Waals surface area contributed by atoms with Crippen molar-refractivity contribution in [2.75, 3.05) is 39.3 Å². The molecule has 0 saturated carbocycles. The van der Waals surface area contributed by atoms with Crippen LogP contribution in [0.5, 0.6) is 0 Å². The molecule has 28 heavy (non-hydrogen) atoms. The predicted molar refractivity (Wildman–Crippen MR) is 113 cm³/mol. The van der Waals surface area contributed by atoms with Gasteiger partial charge in [-0.25, -0.2) is 0 Å². The number of nitrogens with zero attached hydrogens (tertiary/aromatic N) is 3. The Hall–Kier alpha value is -1.59. The first kappa shape index (κ1) is 21.1. The lowest BCUT2D eigenvalue weighted by molar-refractivity contribution is -0.139. The maximum Gasteiger partial charge on any atom is 0.253 e. The highest BCUT2D eigenvalue weighted by Gasteiger charge is 2.32. The largest absolute Gasteiger partial charge is 0.341 e. The Morgan fingerprint density at radius 2 is 1.75 bits per heavy atom. The van der Waals surface area contributed by atoms with Crippen molar-refractivity contribution < 1.29 is 9.59 Å². The van der Waals surface area contributed by atoms with Crippen molar-refractivity contribution in [1.29, 1.82) is 0 Å². The third-order valence-electron chi connectivity index (χ3n) is 5.97. The van der Waals surface area contributed by atoms with Crippen LogP contribution in [-0.4, -0.2) is 71.8 Å². The lowest BCUT2D eigenvalue weighted by Gasteiger charge is -2.38. The van der Waals surface area contributed by atoms with Crippen molar-refractivity contribution in [2.45, 2.75) is 39.7 Å². The summed E-state index contributed by atoms with van der Waals surface area (Å²) < 4.78 is 0. The maximum atomic E-state index is 13.1. The molecule has 2 fully saturated rings. The minimum absolute atomic E-state index is 0.0157. The normalized spacial score (nSPS) is 25.3. The van der Waals surface area contributed by atoms with Gasteiger partial charge in [-0.2, -0.15) is 0 Å². The molecular weight excluding hydrogens is 374 g/mol. The van der Waals surface area contributed by atoms with Gasteiger partial charge >= 0.3 is 0 Å². The van der Waals surface area contributed by atoms with Crippen molar-refractivity contribution in [3.05, 3.63) is 34.9 Å². The van der Waals surface area contributed by atoms with E-state index in [4.69, 9.17) is 11.6 Å². The molecule has 2 saturated heterocycles. The first-order valence-electron chi connectivity index (χ1n) is 10.4. The fourth-order valence-corrected chi connectivity index (χ4v) is 4.79. The van der Waals surface area contributed by atoms with Crippen LogP contribution >= 0.6 is 11.6 Å². The lowest BCUT2D eigenvalue weighted by atomic mass is 9.91. The molecular formula is C22H32ClN3O2. The van der Waals surface area contributed by atoms with E-state index in [1.807, 2.05) is 22.8 Å². The molecule has 0 radical (unpaired) electrons. The standard InChI is InChI=1S/C22H32ClN3O2/c1-16-12-17(2)15-26(14-16)21(27)18(3)24-8-5-9-25(11-10-24)22(28)19-6-4-7-20(23)13-19/h4,6-7,13,16-18H,5,8-12,14-15H2,1-3H3. The van der Waals surface area contributed by atoms with Crippen LogP contribution in [-0.2, 0) is 4.79 Å². The number of piperidine rings is 1. The number of benzene rings is 1. The molecule has 6 heteroatoms. The van der Waals surface area contributed by atoms with E-state index in [9.17, 15) is 9.59 Å². The molecule has 2 amide bonds. The number of rotatable bonds is 3. The molecule has 0 spiro atoms. The first-order valence-corrected chi connectivity index (χ1v) is 10.8. The summed E-state index contributed by atoms with van der Waals surface area (Å²) in [6, 6.07) is 6.97. The molecule has 154 valence electrons. The van der Waals surface area contributed by atoms with Crippen LogP contribution in [0.15, 0.2) is 24.3 Å². The van der Waals surface area contributed by atoms with Crippen LogP contribution in [0.2, 0.25) is 5.02 Å². The van der Waals surface area contributed by atoms with Gasteiger partial charge in [0.2, 0.25) is 5.91 Å². The van der Waals surface area contributed by atoms with E-state index in [-0.39, 0.29) is 17.9 Å². The topological polar surface area (TPSA) is 43.9 Å². The van der Waals surface area contributed by atoms with E-state index < -0.39 is 0 Å². The van der Waals surface area contributed by atoms with Gasteiger partial charge in [0, 0.05) is 49.9 Å². The molecule has 1 aromatic rings. The Morgan fingerprint density at radius 3 is 2.43 bits per heavy atom. The summed E-state index contributed by atoms with van der Waals surface area (Å²) in [5.41, 5.74) is 0.626. The molecule has 3 atom stereocenters. The molecule has 0 aromatic heterocycles. The second-order valence-electron chi connectivity index (χ2n) is 8.56. The van der Waals surface area contributed by atoms with Crippen LogP contribution in [0.4, 0.5) is 0 Å². The van der Waals surface area contributed by atoms with Crippen LogP contribution in [0.25, 0.3) is 0 Å². The van der Waals surface area contributed by atoms with E-state index in [0.29, 0.717) is 35.5 Å². The van der Waals surface area contributed by atoms with Crippen molar-refractivity contribution in [2.24, 2.45) is 11.8 Å². The third kappa shape index (κ3) is 5.06. The summed E-state index contributed by atoms with van der Waals surface area (Å²) in [6.45, 7) is 11.1. The van der Waals surface area contributed by atoms with Gasteiger partial charge in [0.1, 0.15) is 0 Å². The van der Waals surface area contributed by atoms with Crippen LogP contribution in [0.1, 0.15) is 44.0 Å². The summed E-state index contributed by atoms with van der Waals surface area (Å²) in [4.78, 5) is 32.0. The molecule has 2 aliphatic rings. The van der Waals surface area contributed by atoms with E-state index in [0.717, 1.165) is 32.6 Å². The van der Waals surface area contributed by atoms with Gasteiger partial charge < -0.3 is 9.80 Å². The summed E-state index contributed by atoms with van der Waals surface area (Å²) in [7, 11) is 0. The van der Waals surface area contributed by atoms with Gasteiger partial charge in [0.25, 0.3) is 5.91 Å². The molecule has 0 aliphatic carbocycles. The Morgan fingerprint density at radius 1 is 1.04 bits per heavy atom. The SMILES string of the molecule is CC1CC(C)CN(C(=O)C(C)N2CCCN(C(=O)c3cccc(Cl)c3)CC2)C1. The van der Waals surface area contributed by atoms with Gasteiger partial charge in [-0.15, -0.1) is 0 Å². The molecule has 5 nitrogen and oxygen atoms in total. The van der Waals surface area contributed by atoms with Crippen molar-refractivity contribution in [3.63, 3.8) is 0 Å². The zero-order valence-corrected chi connectivity index (χ0v) is 18.0. The number of hydrogen-bond donors (Lipinski definition) is 0. The van der Waals surface area contributed by atoms with Gasteiger partial charge in [-0.05, 0) is 49.8 Å². The molecule has 3 rings (SSSR count). The van der Waals surface area contributed by atoms with Crippen LogP contribution in [0.3, 0.4) is 0 Å². The minimum atomic E-state index is -0.140. The van der Waals surface area contributed by atoms with E-state index in [2.05, 4.69) is 18.7 Å². The maximum absolute atomic E-state index is 13.1. The van der Waals surface area contributed by atoms with Crippen LogP contribution in [0, 0.1) is 11.8 Å². The smallest absolute Gasteiger partial charge is 0.253 e. The number of carbonyl (C=O) groups excluding carboxylic acids is 2. The average Bonchev–Trinajstić information content (AvgIpc) is 2.91. The highest BCUT2D eigenvalue weighted by Crippen LogP contribution is 2.22. The quantitative estimate of drug-likeness (QED) is 0.774. The fraction of sp³-hybridized carbons (Fsp3) is 0.636. The first-order chi connectivity index (χ1) is 13.3. The number of carbonyl (C=O) groups is 2.